The number of hydrogen-bond donors (Lipinski definition) is 6. The van der Waals surface area contributed by atoms with E-state index in [2.05, 4.69) is 158 Å². The van der Waals surface area contributed by atoms with Gasteiger partial charge in [-0.2, -0.15) is 0 Å². The molecule has 0 saturated carbocycles. The number of phosphoric acid groups is 2. The highest BCUT2D eigenvalue weighted by Crippen LogP contribution is 2.50. The largest absolute Gasteiger partial charge is 0.466 e. The molecule has 0 fully saturated rings. The molecular weight excluding hydrogens is 622 g/mol. The summed E-state index contributed by atoms with van der Waals surface area (Å²) in [5, 5.41) is 0. The molecule has 0 amide bonds. The Morgan fingerprint density at radius 3 is 0.739 bits per heavy atom. The first kappa shape index (κ1) is 34.4. The molecule has 0 aromatic heterocycles. The molecule has 46 heavy (non-hydrogen) atoms. The lowest BCUT2D eigenvalue weighted by Crippen LogP contribution is -1.98. The van der Waals surface area contributed by atoms with Crippen LogP contribution in [0.3, 0.4) is 0 Å². The Kier molecular flexibility index (Phi) is 11.7. The topological polar surface area (TPSA) is 156 Å². The van der Waals surface area contributed by atoms with Crippen LogP contribution in [0.4, 0.5) is 0 Å². The van der Waals surface area contributed by atoms with Gasteiger partial charge in [-0.3, -0.25) is 0 Å². The molecule has 6 aromatic carbocycles. The van der Waals surface area contributed by atoms with E-state index >= 15 is 0 Å². The van der Waals surface area contributed by atoms with Gasteiger partial charge in [0.15, 0.2) is 0 Å². The highest BCUT2D eigenvalue weighted by molar-refractivity contribution is 7.45. The SMILES string of the molecule is O=P(O)(O)O.O=P(O)(O)O.c1ccc(-c2cc(-c3ccccc3)c(-c3ccccc3)c(-c3ccccc3)c2-c2ccccc2)cc1. The van der Waals surface area contributed by atoms with Crippen molar-refractivity contribution in [2.45, 2.75) is 0 Å². The minimum atomic E-state index is -4.64. The Morgan fingerprint density at radius 1 is 0.304 bits per heavy atom. The first-order valence-corrected chi connectivity index (χ1v) is 17.1. The molecule has 10 heteroatoms. The van der Waals surface area contributed by atoms with Gasteiger partial charge in [-0.15, -0.1) is 0 Å². The van der Waals surface area contributed by atoms with Gasteiger partial charge in [0.05, 0.1) is 0 Å². The van der Waals surface area contributed by atoms with Crippen molar-refractivity contribution in [1.29, 1.82) is 0 Å². The molecule has 0 aliphatic carbocycles. The average Bonchev–Trinajstić information content (AvgIpc) is 3.04. The van der Waals surface area contributed by atoms with Crippen molar-refractivity contribution in [2.24, 2.45) is 0 Å². The summed E-state index contributed by atoms with van der Waals surface area (Å²) in [6.07, 6.45) is 0. The van der Waals surface area contributed by atoms with Crippen LogP contribution in [0.1, 0.15) is 0 Å². The smallest absolute Gasteiger partial charge is 0.303 e. The lowest BCUT2D eigenvalue weighted by atomic mass is 9.79. The first-order valence-electron chi connectivity index (χ1n) is 13.9. The van der Waals surface area contributed by atoms with Crippen LogP contribution in [-0.2, 0) is 9.13 Å². The quantitative estimate of drug-likeness (QED) is 0.102. The van der Waals surface area contributed by atoms with Crippen LogP contribution in [0, 0.1) is 0 Å². The highest BCUT2D eigenvalue weighted by Gasteiger charge is 2.23. The Labute approximate surface area is 267 Å². The summed E-state index contributed by atoms with van der Waals surface area (Å²) in [5.74, 6) is 0. The zero-order chi connectivity index (χ0) is 33.2. The van der Waals surface area contributed by atoms with Crippen LogP contribution in [0.25, 0.3) is 55.6 Å². The van der Waals surface area contributed by atoms with Gasteiger partial charge >= 0.3 is 15.6 Å². The Morgan fingerprint density at radius 2 is 0.500 bits per heavy atom. The standard InChI is InChI=1S/C36H26.2H3O4P/c1-6-16-27(17-7-1)32-26-33(28-18-8-2-9-19-28)35(30-22-12-4-13-23-30)36(31-24-14-5-15-25-31)34(32)29-20-10-3-11-21-29;2*1-5(2,3)4/h1-26H;2*(H3,1,2,3,4). The van der Waals surface area contributed by atoms with Gasteiger partial charge in [0.2, 0.25) is 0 Å². The second-order valence-corrected chi connectivity index (χ2v) is 12.0. The zero-order valence-electron chi connectivity index (χ0n) is 24.4. The molecule has 0 radical (unpaired) electrons. The van der Waals surface area contributed by atoms with E-state index in [9.17, 15) is 0 Å². The van der Waals surface area contributed by atoms with E-state index in [0.717, 1.165) is 0 Å². The fourth-order valence-corrected chi connectivity index (χ4v) is 5.08. The van der Waals surface area contributed by atoms with E-state index in [0.29, 0.717) is 0 Å². The van der Waals surface area contributed by atoms with Crippen LogP contribution in [-0.4, -0.2) is 29.4 Å². The number of hydrogen-bond acceptors (Lipinski definition) is 2. The van der Waals surface area contributed by atoms with E-state index < -0.39 is 15.6 Å². The molecule has 6 rings (SSSR count). The molecular formula is C36H32O8P2. The van der Waals surface area contributed by atoms with Gasteiger partial charge in [-0.1, -0.05) is 152 Å². The van der Waals surface area contributed by atoms with Gasteiger partial charge in [0.25, 0.3) is 0 Å². The maximum atomic E-state index is 8.88. The van der Waals surface area contributed by atoms with E-state index in [1.807, 2.05) is 0 Å². The second-order valence-electron chi connectivity index (χ2n) is 9.95. The summed E-state index contributed by atoms with van der Waals surface area (Å²) in [6, 6.07) is 56.4. The summed E-state index contributed by atoms with van der Waals surface area (Å²) in [4.78, 5) is 43.1. The van der Waals surface area contributed by atoms with Crippen LogP contribution in [0.2, 0.25) is 0 Å². The van der Waals surface area contributed by atoms with Crippen molar-refractivity contribution >= 4 is 15.6 Å². The predicted molar refractivity (Wildman–Crippen MR) is 182 cm³/mol. The first-order chi connectivity index (χ1) is 21.9. The third-order valence-electron chi connectivity index (χ3n) is 6.68. The summed E-state index contributed by atoms with van der Waals surface area (Å²) in [7, 11) is -9.28. The van der Waals surface area contributed by atoms with Crippen LogP contribution in [0.15, 0.2) is 158 Å². The molecule has 0 unspecified atom stereocenters. The molecule has 234 valence electrons. The van der Waals surface area contributed by atoms with Crippen LogP contribution in [0.5, 0.6) is 0 Å². The molecule has 0 heterocycles. The predicted octanol–water partition coefficient (Wildman–Crippen LogP) is 8.16. The number of benzene rings is 6. The minimum Gasteiger partial charge on any atom is -0.303 e. The van der Waals surface area contributed by atoms with Crippen molar-refractivity contribution in [1.82, 2.24) is 0 Å². The molecule has 0 aliphatic heterocycles. The lowest BCUT2D eigenvalue weighted by molar-refractivity contribution is 0.272. The van der Waals surface area contributed by atoms with Gasteiger partial charge < -0.3 is 29.4 Å². The Balaban J connectivity index is 0.000000421. The monoisotopic (exact) mass is 654 g/mol. The summed E-state index contributed by atoms with van der Waals surface area (Å²) < 4.78 is 17.8. The molecule has 8 nitrogen and oxygen atoms in total. The molecule has 0 aliphatic rings. The van der Waals surface area contributed by atoms with Crippen molar-refractivity contribution in [3.63, 3.8) is 0 Å². The Bertz CT molecular complexity index is 1790. The van der Waals surface area contributed by atoms with Crippen molar-refractivity contribution in [3.05, 3.63) is 158 Å². The molecule has 0 bridgehead atoms. The van der Waals surface area contributed by atoms with E-state index in [1.54, 1.807) is 0 Å². The third kappa shape index (κ3) is 10.3. The fraction of sp³-hybridized carbons (Fsp3) is 0. The van der Waals surface area contributed by atoms with Gasteiger partial charge in [0, 0.05) is 0 Å². The fourth-order valence-electron chi connectivity index (χ4n) is 5.08. The van der Waals surface area contributed by atoms with Crippen LogP contribution >= 0.6 is 15.6 Å². The van der Waals surface area contributed by atoms with E-state index in [4.69, 9.17) is 38.5 Å². The number of rotatable bonds is 5. The maximum absolute atomic E-state index is 8.88. The maximum Gasteiger partial charge on any atom is 0.466 e. The van der Waals surface area contributed by atoms with Gasteiger partial charge in [0.1, 0.15) is 0 Å². The average molecular weight is 655 g/mol. The lowest BCUT2D eigenvalue weighted by Gasteiger charge is -2.24. The molecule has 0 atom stereocenters. The van der Waals surface area contributed by atoms with Crippen molar-refractivity contribution in [2.75, 3.05) is 0 Å². The normalized spacial score (nSPS) is 11.0. The summed E-state index contributed by atoms with van der Waals surface area (Å²) in [5.41, 5.74) is 12.3. The van der Waals surface area contributed by atoms with Crippen molar-refractivity contribution in [3.8, 4) is 55.6 Å². The third-order valence-corrected chi connectivity index (χ3v) is 6.68. The minimum absolute atomic E-state index is 1.21. The molecule has 0 spiro atoms. The van der Waals surface area contributed by atoms with Crippen LogP contribution < -0.4 is 0 Å². The Hall–Kier alpha value is -4.46. The highest BCUT2D eigenvalue weighted by atomic mass is 31.2. The van der Waals surface area contributed by atoms with Crippen molar-refractivity contribution < 1.29 is 38.5 Å². The van der Waals surface area contributed by atoms with Gasteiger partial charge in [-0.25, -0.2) is 9.13 Å². The van der Waals surface area contributed by atoms with Gasteiger partial charge in [-0.05, 0) is 61.7 Å². The second kappa shape index (κ2) is 15.7. The molecule has 6 N–H and O–H groups in total. The van der Waals surface area contributed by atoms with E-state index in [1.165, 1.54) is 55.6 Å². The summed E-state index contributed by atoms with van der Waals surface area (Å²) in [6.45, 7) is 0. The molecule has 0 saturated heterocycles. The summed E-state index contributed by atoms with van der Waals surface area (Å²) >= 11 is 0. The van der Waals surface area contributed by atoms with E-state index in [-0.39, 0.29) is 0 Å². The molecule has 6 aromatic rings. The zero-order valence-corrected chi connectivity index (χ0v) is 26.2.